The smallest absolute Gasteiger partial charge is 0.292 e. The van der Waals surface area contributed by atoms with Crippen molar-refractivity contribution in [3.05, 3.63) is 68.9 Å². The Kier molecular flexibility index (Phi) is 4.52. The molecule has 0 aliphatic heterocycles. The Bertz CT molecular complexity index is 657. The van der Waals surface area contributed by atoms with E-state index in [2.05, 4.69) is 17.6 Å². The molecule has 104 valence electrons. The van der Waals surface area contributed by atoms with Crippen molar-refractivity contribution in [1.82, 2.24) is 9.55 Å². The van der Waals surface area contributed by atoms with Crippen LogP contribution in [0.15, 0.2) is 47.5 Å². The van der Waals surface area contributed by atoms with Crippen molar-refractivity contribution >= 4 is 18.3 Å². The maximum atomic E-state index is 11.7. The summed E-state index contributed by atoms with van der Waals surface area (Å²) < 4.78 is 1.26. The SMILES string of the molecule is O=c1ncc([N+](=O)[O-])cn1CC(CS)c1ccccc1. The minimum atomic E-state index is -0.568. The van der Waals surface area contributed by atoms with Gasteiger partial charge in [0, 0.05) is 12.5 Å². The van der Waals surface area contributed by atoms with E-state index in [1.54, 1.807) is 0 Å². The van der Waals surface area contributed by atoms with Crippen LogP contribution in [0.3, 0.4) is 0 Å². The third-order valence-corrected chi connectivity index (χ3v) is 3.40. The Morgan fingerprint density at radius 1 is 1.35 bits per heavy atom. The second kappa shape index (κ2) is 6.33. The van der Waals surface area contributed by atoms with Crippen LogP contribution in [-0.4, -0.2) is 20.2 Å². The Hall–Kier alpha value is -2.15. The summed E-state index contributed by atoms with van der Waals surface area (Å²) in [6.45, 7) is 0.307. The van der Waals surface area contributed by atoms with Crippen LogP contribution < -0.4 is 5.69 Å². The van der Waals surface area contributed by atoms with Crippen LogP contribution in [0.1, 0.15) is 11.5 Å². The van der Waals surface area contributed by atoms with Crippen molar-refractivity contribution in [2.75, 3.05) is 5.75 Å². The molecule has 0 N–H and O–H groups in total. The van der Waals surface area contributed by atoms with Gasteiger partial charge in [-0.1, -0.05) is 30.3 Å². The van der Waals surface area contributed by atoms with E-state index in [-0.39, 0.29) is 11.6 Å². The number of aromatic nitrogens is 2. The molecule has 0 radical (unpaired) electrons. The summed E-state index contributed by atoms with van der Waals surface area (Å²) in [5.74, 6) is 0.514. The first-order valence-corrected chi connectivity index (χ1v) is 6.61. The second-order valence-electron chi connectivity index (χ2n) is 4.29. The highest BCUT2D eigenvalue weighted by Crippen LogP contribution is 2.19. The number of hydrogen-bond acceptors (Lipinski definition) is 5. The van der Waals surface area contributed by atoms with Gasteiger partial charge >= 0.3 is 11.4 Å². The fourth-order valence-electron chi connectivity index (χ4n) is 1.90. The number of benzene rings is 1. The fourth-order valence-corrected chi connectivity index (χ4v) is 2.23. The van der Waals surface area contributed by atoms with Crippen molar-refractivity contribution in [3.63, 3.8) is 0 Å². The van der Waals surface area contributed by atoms with Gasteiger partial charge in [-0.25, -0.2) is 4.79 Å². The van der Waals surface area contributed by atoms with Crippen molar-refractivity contribution in [3.8, 4) is 0 Å². The third-order valence-electron chi connectivity index (χ3n) is 2.96. The average molecular weight is 291 g/mol. The van der Waals surface area contributed by atoms with Gasteiger partial charge in [0.05, 0.1) is 11.1 Å². The van der Waals surface area contributed by atoms with Gasteiger partial charge in [-0.2, -0.15) is 17.6 Å². The Morgan fingerprint density at radius 2 is 2.05 bits per heavy atom. The van der Waals surface area contributed by atoms with Crippen LogP contribution in [0.2, 0.25) is 0 Å². The molecule has 0 amide bonds. The zero-order chi connectivity index (χ0) is 14.5. The molecule has 1 unspecified atom stereocenters. The van der Waals surface area contributed by atoms with Gasteiger partial charge < -0.3 is 0 Å². The standard InChI is InChI=1S/C13H13N3O3S/c17-13-14-6-12(16(18)19)8-15(13)7-11(9-20)10-4-2-1-3-5-10/h1-6,8,11,20H,7,9H2. The molecule has 0 aliphatic rings. The summed E-state index contributed by atoms with van der Waals surface area (Å²) >= 11 is 4.29. The fraction of sp³-hybridized carbons (Fsp3) is 0.231. The number of nitrogens with zero attached hydrogens (tertiary/aromatic N) is 3. The predicted molar refractivity (Wildman–Crippen MR) is 78.2 cm³/mol. The molecule has 2 aromatic rings. The molecule has 1 atom stereocenters. The lowest BCUT2D eigenvalue weighted by atomic mass is 10.0. The summed E-state index contributed by atoms with van der Waals surface area (Å²) in [5.41, 5.74) is 0.329. The van der Waals surface area contributed by atoms with E-state index >= 15 is 0 Å². The van der Waals surface area contributed by atoms with E-state index in [0.717, 1.165) is 11.8 Å². The van der Waals surface area contributed by atoms with Crippen molar-refractivity contribution < 1.29 is 4.92 Å². The topological polar surface area (TPSA) is 78.0 Å². The zero-order valence-corrected chi connectivity index (χ0v) is 11.4. The first-order chi connectivity index (χ1) is 9.61. The van der Waals surface area contributed by atoms with Crippen LogP contribution >= 0.6 is 12.6 Å². The van der Waals surface area contributed by atoms with Gasteiger partial charge in [0.15, 0.2) is 0 Å². The number of thiol groups is 1. The zero-order valence-electron chi connectivity index (χ0n) is 10.5. The molecule has 0 saturated carbocycles. The number of nitro groups is 1. The first kappa shape index (κ1) is 14.3. The summed E-state index contributed by atoms with van der Waals surface area (Å²) in [7, 11) is 0. The molecule has 6 nitrogen and oxygen atoms in total. The largest absolute Gasteiger partial charge is 0.347 e. The molecular weight excluding hydrogens is 278 g/mol. The molecule has 2 rings (SSSR count). The van der Waals surface area contributed by atoms with Gasteiger partial charge in [0.25, 0.3) is 0 Å². The van der Waals surface area contributed by atoms with Crippen molar-refractivity contribution in [2.45, 2.75) is 12.5 Å². The summed E-state index contributed by atoms with van der Waals surface area (Å²) in [6, 6.07) is 9.59. The average Bonchev–Trinajstić information content (AvgIpc) is 2.47. The minimum absolute atomic E-state index is 0.0129. The molecule has 20 heavy (non-hydrogen) atoms. The highest BCUT2D eigenvalue weighted by molar-refractivity contribution is 7.80. The molecule has 0 spiro atoms. The molecule has 1 aromatic carbocycles. The highest BCUT2D eigenvalue weighted by atomic mass is 32.1. The summed E-state index contributed by atoms with van der Waals surface area (Å²) in [6.07, 6.45) is 2.19. The number of hydrogen-bond donors (Lipinski definition) is 1. The minimum Gasteiger partial charge on any atom is -0.292 e. The molecular formula is C13H13N3O3S. The van der Waals surface area contributed by atoms with E-state index in [9.17, 15) is 14.9 Å². The predicted octanol–water partition coefficient (Wildman–Crippen LogP) is 1.87. The van der Waals surface area contributed by atoms with Crippen LogP contribution in [-0.2, 0) is 6.54 Å². The van der Waals surface area contributed by atoms with Gasteiger partial charge in [-0.05, 0) is 11.3 Å². The van der Waals surface area contributed by atoms with E-state index in [1.807, 2.05) is 30.3 Å². The van der Waals surface area contributed by atoms with E-state index in [0.29, 0.717) is 12.3 Å². The van der Waals surface area contributed by atoms with Gasteiger partial charge in [-0.15, -0.1) is 0 Å². The Morgan fingerprint density at radius 3 is 2.65 bits per heavy atom. The maximum Gasteiger partial charge on any atom is 0.347 e. The van der Waals surface area contributed by atoms with Gasteiger partial charge in [-0.3, -0.25) is 14.7 Å². The molecule has 0 aliphatic carbocycles. The molecule has 1 aromatic heterocycles. The quantitative estimate of drug-likeness (QED) is 0.518. The van der Waals surface area contributed by atoms with E-state index in [4.69, 9.17) is 0 Å². The Balaban J connectivity index is 2.30. The second-order valence-corrected chi connectivity index (χ2v) is 4.66. The summed E-state index contributed by atoms with van der Waals surface area (Å²) in [4.78, 5) is 25.4. The molecule has 0 saturated heterocycles. The van der Waals surface area contributed by atoms with E-state index in [1.165, 1.54) is 10.8 Å². The van der Waals surface area contributed by atoms with Crippen LogP contribution in [0.25, 0.3) is 0 Å². The third kappa shape index (κ3) is 3.24. The van der Waals surface area contributed by atoms with Crippen LogP contribution in [0.5, 0.6) is 0 Å². The van der Waals surface area contributed by atoms with Crippen LogP contribution in [0, 0.1) is 10.1 Å². The number of rotatable bonds is 5. The molecule has 1 heterocycles. The molecule has 0 fully saturated rings. The van der Waals surface area contributed by atoms with Crippen LogP contribution in [0.4, 0.5) is 5.69 Å². The lowest BCUT2D eigenvalue weighted by molar-refractivity contribution is -0.385. The molecule has 7 heteroatoms. The van der Waals surface area contributed by atoms with Gasteiger partial charge in [0.2, 0.25) is 0 Å². The Labute approximate surface area is 120 Å². The van der Waals surface area contributed by atoms with Crippen molar-refractivity contribution in [2.24, 2.45) is 0 Å². The first-order valence-electron chi connectivity index (χ1n) is 5.98. The van der Waals surface area contributed by atoms with E-state index < -0.39 is 10.6 Å². The molecule has 0 bridgehead atoms. The lowest BCUT2D eigenvalue weighted by Crippen LogP contribution is -2.25. The van der Waals surface area contributed by atoms with Gasteiger partial charge in [0.1, 0.15) is 6.20 Å². The monoisotopic (exact) mass is 291 g/mol. The normalized spacial score (nSPS) is 12.1. The van der Waals surface area contributed by atoms with Crippen molar-refractivity contribution in [1.29, 1.82) is 0 Å². The highest BCUT2D eigenvalue weighted by Gasteiger charge is 2.14. The lowest BCUT2D eigenvalue weighted by Gasteiger charge is -2.15. The maximum absolute atomic E-state index is 11.7. The summed E-state index contributed by atoms with van der Waals surface area (Å²) in [5, 5.41) is 10.7.